The summed E-state index contributed by atoms with van der Waals surface area (Å²) in [6.45, 7) is 7.15. The summed E-state index contributed by atoms with van der Waals surface area (Å²) in [7, 11) is 0. The first-order valence-electron chi connectivity index (χ1n) is 7.43. The predicted octanol–water partition coefficient (Wildman–Crippen LogP) is 2.75. The lowest BCUT2D eigenvalue weighted by atomic mass is 9.99. The highest BCUT2D eigenvalue weighted by molar-refractivity contribution is 5.77. The fourth-order valence-electron chi connectivity index (χ4n) is 3.07. The van der Waals surface area contributed by atoms with Crippen LogP contribution in [0.2, 0.25) is 0 Å². The van der Waals surface area contributed by atoms with E-state index in [1.807, 2.05) is 13.8 Å². The van der Waals surface area contributed by atoms with E-state index >= 15 is 0 Å². The molecule has 0 aromatic carbocycles. The van der Waals surface area contributed by atoms with E-state index in [1.165, 1.54) is 18.4 Å². The predicted molar refractivity (Wildman–Crippen MR) is 76.0 cm³/mol. The summed E-state index contributed by atoms with van der Waals surface area (Å²) in [6.07, 6.45) is 6.09. The van der Waals surface area contributed by atoms with Crippen molar-refractivity contribution in [3.05, 3.63) is 17.0 Å². The second kappa shape index (κ2) is 6.22. The van der Waals surface area contributed by atoms with Gasteiger partial charge in [0.25, 0.3) is 0 Å². The number of hydrogen-bond acceptors (Lipinski definition) is 2. The average Bonchev–Trinajstić information content (AvgIpc) is 2.75. The zero-order chi connectivity index (χ0) is 13.8. The molecule has 1 unspecified atom stereocenters. The Hall–Kier alpha value is -1.32. The Morgan fingerprint density at radius 2 is 2.21 bits per heavy atom. The SMILES string of the molecule is CCC1CCCCN1C(=O)CCc1c(C)n[nH]c1C. The minimum Gasteiger partial charge on any atom is -0.340 e. The second-order valence-electron chi connectivity index (χ2n) is 5.56. The van der Waals surface area contributed by atoms with Crippen molar-refractivity contribution in [1.29, 1.82) is 0 Å². The third-order valence-corrected chi connectivity index (χ3v) is 4.29. The lowest BCUT2D eigenvalue weighted by Crippen LogP contribution is -2.43. The third kappa shape index (κ3) is 3.17. The second-order valence-corrected chi connectivity index (χ2v) is 5.56. The van der Waals surface area contributed by atoms with E-state index in [-0.39, 0.29) is 0 Å². The standard InChI is InChI=1S/C15H25N3O/c1-4-13-7-5-6-10-18(13)15(19)9-8-14-11(2)16-17-12(14)3/h13H,4-10H2,1-3H3,(H,16,17). The Kier molecular flexibility index (Phi) is 4.61. The van der Waals surface area contributed by atoms with Crippen molar-refractivity contribution in [2.45, 2.75) is 65.3 Å². The number of nitrogens with zero attached hydrogens (tertiary/aromatic N) is 2. The molecule has 1 aromatic rings. The summed E-state index contributed by atoms with van der Waals surface area (Å²) in [4.78, 5) is 14.5. The molecule has 2 heterocycles. The van der Waals surface area contributed by atoms with Crippen LogP contribution >= 0.6 is 0 Å². The maximum Gasteiger partial charge on any atom is 0.223 e. The van der Waals surface area contributed by atoms with Gasteiger partial charge in [0, 0.05) is 24.7 Å². The molecule has 1 atom stereocenters. The molecule has 1 amide bonds. The van der Waals surface area contributed by atoms with Crippen LogP contribution in [0.1, 0.15) is 56.0 Å². The molecule has 1 aliphatic heterocycles. The molecule has 0 spiro atoms. The highest BCUT2D eigenvalue weighted by atomic mass is 16.2. The molecule has 1 aliphatic rings. The fraction of sp³-hybridized carbons (Fsp3) is 0.733. The van der Waals surface area contributed by atoms with Gasteiger partial charge in [-0.25, -0.2) is 0 Å². The van der Waals surface area contributed by atoms with Crippen LogP contribution in [-0.4, -0.2) is 33.6 Å². The van der Waals surface area contributed by atoms with Gasteiger partial charge in [0.15, 0.2) is 0 Å². The van der Waals surface area contributed by atoms with Crippen molar-refractivity contribution in [2.75, 3.05) is 6.54 Å². The zero-order valence-corrected chi connectivity index (χ0v) is 12.3. The molecule has 1 aromatic heterocycles. The van der Waals surface area contributed by atoms with Crippen molar-refractivity contribution in [1.82, 2.24) is 15.1 Å². The topological polar surface area (TPSA) is 49.0 Å². The average molecular weight is 263 g/mol. The van der Waals surface area contributed by atoms with Crippen molar-refractivity contribution >= 4 is 5.91 Å². The number of aromatic amines is 1. The van der Waals surface area contributed by atoms with Gasteiger partial charge in [0.2, 0.25) is 5.91 Å². The van der Waals surface area contributed by atoms with Crippen molar-refractivity contribution in [3.63, 3.8) is 0 Å². The Labute approximate surface area is 115 Å². The van der Waals surface area contributed by atoms with E-state index in [2.05, 4.69) is 22.0 Å². The molecule has 4 heteroatoms. The molecule has 1 N–H and O–H groups in total. The number of carbonyl (C=O) groups is 1. The van der Waals surface area contributed by atoms with Crippen LogP contribution in [-0.2, 0) is 11.2 Å². The molecule has 0 aliphatic carbocycles. The highest BCUT2D eigenvalue weighted by Gasteiger charge is 2.25. The number of hydrogen-bond donors (Lipinski definition) is 1. The minimum absolute atomic E-state index is 0.312. The van der Waals surface area contributed by atoms with Gasteiger partial charge in [-0.15, -0.1) is 0 Å². The van der Waals surface area contributed by atoms with Crippen LogP contribution in [0.5, 0.6) is 0 Å². The Morgan fingerprint density at radius 1 is 1.42 bits per heavy atom. The number of H-pyrrole nitrogens is 1. The Bertz CT molecular complexity index is 419. The summed E-state index contributed by atoms with van der Waals surface area (Å²) < 4.78 is 0. The molecule has 1 fully saturated rings. The van der Waals surface area contributed by atoms with Gasteiger partial charge in [0.05, 0.1) is 5.69 Å². The smallest absolute Gasteiger partial charge is 0.223 e. The van der Waals surface area contributed by atoms with Crippen molar-refractivity contribution < 1.29 is 4.79 Å². The van der Waals surface area contributed by atoms with Gasteiger partial charge in [-0.05, 0) is 51.5 Å². The quantitative estimate of drug-likeness (QED) is 0.908. The molecule has 0 radical (unpaired) electrons. The summed E-state index contributed by atoms with van der Waals surface area (Å²) in [6, 6.07) is 0.466. The van der Waals surface area contributed by atoms with Crippen LogP contribution in [0.25, 0.3) is 0 Å². The Morgan fingerprint density at radius 3 is 2.84 bits per heavy atom. The van der Waals surface area contributed by atoms with Crippen LogP contribution in [0.4, 0.5) is 0 Å². The number of amides is 1. The minimum atomic E-state index is 0.312. The van der Waals surface area contributed by atoms with Gasteiger partial charge < -0.3 is 4.90 Å². The number of likely N-dealkylation sites (tertiary alicyclic amines) is 1. The molecule has 4 nitrogen and oxygen atoms in total. The number of rotatable bonds is 4. The molecular weight excluding hydrogens is 238 g/mol. The monoisotopic (exact) mass is 263 g/mol. The van der Waals surface area contributed by atoms with Crippen LogP contribution < -0.4 is 0 Å². The lowest BCUT2D eigenvalue weighted by molar-refractivity contribution is -0.134. The molecule has 0 bridgehead atoms. The summed E-state index contributed by atoms with van der Waals surface area (Å²) in [5.41, 5.74) is 3.32. The molecule has 1 saturated heterocycles. The molecular formula is C15H25N3O. The van der Waals surface area contributed by atoms with Gasteiger partial charge >= 0.3 is 0 Å². The van der Waals surface area contributed by atoms with Crippen LogP contribution in [0, 0.1) is 13.8 Å². The number of piperidine rings is 1. The first-order valence-corrected chi connectivity index (χ1v) is 7.43. The fourth-order valence-corrected chi connectivity index (χ4v) is 3.07. The van der Waals surface area contributed by atoms with E-state index < -0.39 is 0 Å². The van der Waals surface area contributed by atoms with E-state index in [9.17, 15) is 4.79 Å². The summed E-state index contributed by atoms with van der Waals surface area (Å²) in [5.74, 6) is 0.312. The molecule has 0 saturated carbocycles. The highest BCUT2D eigenvalue weighted by Crippen LogP contribution is 2.21. The van der Waals surface area contributed by atoms with Gasteiger partial charge in [-0.1, -0.05) is 6.92 Å². The Balaban J connectivity index is 1.93. The van der Waals surface area contributed by atoms with Gasteiger partial charge in [-0.3, -0.25) is 9.89 Å². The first kappa shape index (κ1) is 14.1. The summed E-state index contributed by atoms with van der Waals surface area (Å²) >= 11 is 0. The van der Waals surface area contributed by atoms with E-state index in [0.717, 1.165) is 37.2 Å². The summed E-state index contributed by atoms with van der Waals surface area (Å²) in [5, 5.41) is 7.17. The number of aryl methyl sites for hydroxylation is 2. The van der Waals surface area contributed by atoms with Crippen molar-refractivity contribution in [3.8, 4) is 0 Å². The van der Waals surface area contributed by atoms with Crippen LogP contribution in [0.3, 0.4) is 0 Å². The molecule has 2 rings (SSSR count). The normalized spacial score (nSPS) is 19.7. The molecule has 19 heavy (non-hydrogen) atoms. The molecule has 106 valence electrons. The van der Waals surface area contributed by atoms with E-state index in [0.29, 0.717) is 18.4 Å². The van der Waals surface area contributed by atoms with Gasteiger partial charge in [0.1, 0.15) is 0 Å². The van der Waals surface area contributed by atoms with Crippen molar-refractivity contribution in [2.24, 2.45) is 0 Å². The first-order chi connectivity index (χ1) is 9.13. The van der Waals surface area contributed by atoms with E-state index in [1.54, 1.807) is 0 Å². The van der Waals surface area contributed by atoms with E-state index in [4.69, 9.17) is 0 Å². The third-order valence-electron chi connectivity index (χ3n) is 4.29. The zero-order valence-electron chi connectivity index (χ0n) is 12.3. The maximum absolute atomic E-state index is 12.4. The largest absolute Gasteiger partial charge is 0.340 e. The lowest BCUT2D eigenvalue weighted by Gasteiger charge is -2.35. The maximum atomic E-state index is 12.4. The number of nitrogens with one attached hydrogen (secondary N) is 1. The van der Waals surface area contributed by atoms with Gasteiger partial charge in [-0.2, -0.15) is 5.10 Å². The van der Waals surface area contributed by atoms with Crippen LogP contribution in [0.15, 0.2) is 0 Å². The number of aromatic nitrogens is 2. The number of carbonyl (C=O) groups excluding carboxylic acids is 1.